The molecule has 1 aromatic carbocycles. The molecular weight excluding hydrogens is 344 g/mol. The average molecular weight is 364 g/mol. The van der Waals surface area contributed by atoms with Crippen LogP contribution in [0.4, 0.5) is 0 Å². The predicted molar refractivity (Wildman–Crippen MR) is 99.8 cm³/mol. The Kier molecular flexibility index (Phi) is 4.50. The molecule has 4 rings (SSSR count). The van der Waals surface area contributed by atoms with Crippen LogP contribution in [0.2, 0.25) is 0 Å². The molecule has 1 N–H and O–H groups in total. The van der Waals surface area contributed by atoms with Gasteiger partial charge in [-0.05, 0) is 47.9 Å². The second-order valence-corrected chi connectivity index (χ2v) is 6.33. The summed E-state index contributed by atoms with van der Waals surface area (Å²) in [6.45, 7) is 1.16. The quantitative estimate of drug-likeness (QED) is 0.770. The van der Waals surface area contributed by atoms with Gasteiger partial charge in [-0.1, -0.05) is 6.07 Å². The van der Waals surface area contributed by atoms with Crippen molar-refractivity contribution in [3.8, 4) is 22.9 Å². The number of H-pyrrole nitrogens is 1. The second-order valence-electron chi connectivity index (χ2n) is 6.33. The molecule has 0 radical (unpaired) electrons. The predicted octanol–water partition coefficient (Wildman–Crippen LogP) is 2.69. The van der Waals surface area contributed by atoms with Gasteiger partial charge in [-0.15, -0.1) is 0 Å². The van der Waals surface area contributed by atoms with E-state index in [1.54, 1.807) is 26.5 Å². The Morgan fingerprint density at radius 3 is 2.56 bits per heavy atom. The lowest BCUT2D eigenvalue weighted by atomic mass is 9.98. The lowest BCUT2D eigenvalue weighted by molar-refractivity contribution is 0.0728. The van der Waals surface area contributed by atoms with Crippen LogP contribution in [0, 0.1) is 0 Å². The molecule has 0 atom stereocenters. The van der Waals surface area contributed by atoms with Gasteiger partial charge in [-0.2, -0.15) is 5.10 Å². The molecule has 0 spiro atoms. The Labute approximate surface area is 156 Å². The van der Waals surface area contributed by atoms with Crippen molar-refractivity contribution < 1.29 is 14.3 Å². The van der Waals surface area contributed by atoms with E-state index in [9.17, 15) is 4.79 Å². The zero-order valence-electron chi connectivity index (χ0n) is 15.2. The zero-order valence-corrected chi connectivity index (χ0v) is 15.2. The number of fused-ring (bicyclic) bond motifs is 1. The normalized spacial score (nSPS) is 13.2. The number of methoxy groups -OCH3 is 2. The minimum Gasteiger partial charge on any atom is -0.493 e. The first-order chi connectivity index (χ1) is 13.2. The van der Waals surface area contributed by atoms with Crippen LogP contribution in [-0.2, 0) is 13.0 Å². The van der Waals surface area contributed by atoms with E-state index in [4.69, 9.17) is 9.47 Å². The van der Waals surface area contributed by atoms with Crippen molar-refractivity contribution in [2.45, 2.75) is 13.0 Å². The number of hydrogen-bond donors (Lipinski definition) is 1. The summed E-state index contributed by atoms with van der Waals surface area (Å²) in [5.74, 6) is 1.30. The topological polar surface area (TPSA) is 80.3 Å². The molecule has 0 aliphatic carbocycles. The van der Waals surface area contributed by atoms with Gasteiger partial charge >= 0.3 is 0 Å². The Morgan fingerprint density at radius 2 is 1.85 bits per heavy atom. The number of pyridine rings is 1. The van der Waals surface area contributed by atoms with E-state index in [0.29, 0.717) is 36.0 Å². The zero-order chi connectivity index (χ0) is 18.8. The number of aromatic amines is 1. The van der Waals surface area contributed by atoms with E-state index in [2.05, 4.69) is 15.2 Å². The monoisotopic (exact) mass is 364 g/mol. The lowest BCUT2D eigenvalue weighted by Crippen LogP contribution is -2.36. The lowest BCUT2D eigenvalue weighted by Gasteiger charge is -2.29. The molecule has 1 aliphatic rings. The number of ether oxygens (including phenoxy) is 2. The van der Waals surface area contributed by atoms with E-state index in [1.807, 2.05) is 35.2 Å². The minimum absolute atomic E-state index is 0.0786. The fourth-order valence-corrected chi connectivity index (χ4v) is 3.30. The van der Waals surface area contributed by atoms with Crippen LogP contribution in [0.15, 0.2) is 42.6 Å². The van der Waals surface area contributed by atoms with Gasteiger partial charge in [0.25, 0.3) is 5.91 Å². The maximum Gasteiger partial charge on any atom is 0.272 e. The van der Waals surface area contributed by atoms with Crippen molar-refractivity contribution in [3.63, 3.8) is 0 Å². The van der Waals surface area contributed by atoms with Gasteiger partial charge in [0.15, 0.2) is 11.5 Å². The van der Waals surface area contributed by atoms with E-state index >= 15 is 0 Å². The van der Waals surface area contributed by atoms with Crippen molar-refractivity contribution in [1.82, 2.24) is 20.1 Å². The minimum atomic E-state index is -0.0786. The summed E-state index contributed by atoms with van der Waals surface area (Å²) >= 11 is 0. The first-order valence-electron chi connectivity index (χ1n) is 8.69. The summed E-state index contributed by atoms with van der Waals surface area (Å²) in [6.07, 6.45) is 2.47. The van der Waals surface area contributed by atoms with Crippen molar-refractivity contribution >= 4 is 5.91 Å². The number of nitrogens with one attached hydrogen (secondary N) is 1. The van der Waals surface area contributed by atoms with Crippen LogP contribution in [0.25, 0.3) is 11.4 Å². The van der Waals surface area contributed by atoms with E-state index in [-0.39, 0.29) is 5.91 Å². The molecule has 0 bridgehead atoms. The highest BCUT2D eigenvalue weighted by Gasteiger charge is 2.25. The van der Waals surface area contributed by atoms with Crippen molar-refractivity contribution in [1.29, 1.82) is 0 Å². The van der Waals surface area contributed by atoms with Crippen molar-refractivity contribution in [2.24, 2.45) is 0 Å². The van der Waals surface area contributed by atoms with Crippen LogP contribution in [0.5, 0.6) is 11.5 Å². The first kappa shape index (κ1) is 17.1. The number of benzene rings is 1. The standard InChI is InChI=1S/C20H20N4O3/c1-26-18-9-13-6-8-24(12-14(13)10-19(18)27-2)20(25)17-11-16(22-23-17)15-5-3-4-7-21-15/h3-5,7,9-11H,6,8,12H2,1-2H3,(H,22,23). The number of amides is 1. The van der Waals surface area contributed by atoms with Crippen LogP contribution < -0.4 is 9.47 Å². The number of carbonyl (C=O) groups is 1. The molecule has 2 aromatic heterocycles. The molecule has 7 heteroatoms. The third kappa shape index (κ3) is 3.23. The van der Waals surface area contributed by atoms with E-state index in [0.717, 1.165) is 17.7 Å². The number of rotatable bonds is 4. The summed E-state index contributed by atoms with van der Waals surface area (Å²) in [7, 11) is 3.24. The fraction of sp³-hybridized carbons (Fsp3) is 0.250. The van der Waals surface area contributed by atoms with Gasteiger partial charge < -0.3 is 14.4 Å². The maximum atomic E-state index is 12.9. The van der Waals surface area contributed by atoms with Gasteiger partial charge in [0.2, 0.25) is 0 Å². The highest BCUT2D eigenvalue weighted by molar-refractivity contribution is 5.93. The van der Waals surface area contributed by atoms with Gasteiger partial charge in [-0.3, -0.25) is 14.9 Å². The average Bonchev–Trinajstić information content (AvgIpc) is 3.22. The fourth-order valence-electron chi connectivity index (χ4n) is 3.30. The Morgan fingerprint density at radius 1 is 1.07 bits per heavy atom. The van der Waals surface area contributed by atoms with Crippen LogP contribution in [-0.4, -0.2) is 46.8 Å². The molecule has 27 heavy (non-hydrogen) atoms. The number of aromatic nitrogens is 3. The van der Waals surface area contributed by atoms with Crippen molar-refractivity contribution in [3.05, 3.63) is 59.4 Å². The third-order valence-corrected chi connectivity index (χ3v) is 4.74. The third-order valence-electron chi connectivity index (χ3n) is 4.74. The summed E-state index contributed by atoms with van der Waals surface area (Å²) < 4.78 is 10.7. The van der Waals surface area contributed by atoms with Gasteiger partial charge in [0.1, 0.15) is 11.4 Å². The molecule has 1 amide bonds. The van der Waals surface area contributed by atoms with E-state index < -0.39 is 0 Å². The second kappa shape index (κ2) is 7.11. The molecule has 7 nitrogen and oxygen atoms in total. The largest absolute Gasteiger partial charge is 0.493 e. The summed E-state index contributed by atoms with van der Waals surface area (Å²) in [4.78, 5) is 19.0. The Balaban J connectivity index is 1.55. The molecule has 1 aliphatic heterocycles. The Bertz CT molecular complexity index is 969. The molecule has 0 unspecified atom stereocenters. The van der Waals surface area contributed by atoms with Gasteiger partial charge in [0.05, 0.1) is 19.9 Å². The summed E-state index contributed by atoms with van der Waals surface area (Å²) in [6, 6.07) is 11.3. The summed E-state index contributed by atoms with van der Waals surface area (Å²) in [5, 5.41) is 7.07. The molecule has 3 heterocycles. The summed E-state index contributed by atoms with van der Waals surface area (Å²) in [5.41, 5.74) is 4.09. The van der Waals surface area contributed by atoms with Gasteiger partial charge in [-0.25, -0.2) is 0 Å². The molecule has 0 saturated carbocycles. The van der Waals surface area contributed by atoms with Gasteiger partial charge in [0, 0.05) is 19.3 Å². The van der Waals surface area contributed by atoms with Crippen LogP contribution in [0.3, 0.4) is 0 Å². The van der Waals surface area contributed by atoms with Crippen molar-refractivity contribution in [2.75, 3.05) is 20.8 Å². The molecule has 0 saturated heterocycles. The SMILES string of the molecule is COc1cc2c(cc1OC)CN(C(=O)c1cc(-c3ccccn3)n[nH]1)CC2. The first-order valence-corrected chi connectivity index (χ1v) is 8.69. The van der Waals surface area contributed by atoms with E-state index in [1.165, 1.54) is 5.56 Å². The number of carbonyl (C=O) groups excluding carboxylic acids is 1. The molecule has 3 aromatic rings. The highest BCUT2D eigenvalue weighted by Crippen LogP contribution is 2.33. The number of hydrogen-bond acceptors (Lipinski definition) is 5. The van der Waals surface area contributed by atoms with Crippen LogP contribution in [0.1, 0.15) is 21.6 Å². The molecule has 0 fully saturated rings. The smallest absolute Gasteiger partial charge is 0.272 e. The number of nitrogens with zero attached hydrogens (tertiary/aromatic N) is 3. The van der Waals surface area contributed by atoms with Crippen LogP contribution >= 0.6 is 0 Å². The highest BCUT2D eigenvalue weighted by atomic mass is 16.5. The Hall–Kier alpha value is -3.35. The molecule has 138 valence electrons. The molecular formula is C20H20N4O3. The maximum absolute atomic E-state index is 12.9.